The van der Waals surface area contributed by atoms with E-state index in [-0.39, 0.29) is 6.10 Å². The number of aliphatic hydroxyl groups excluding tert-OH is 1. The molecule has 1 aromatic carbocycles. The minimum Gasteiger partial charge on any atom is -0.388 e. The maximum absolute atomic E-state index is 10.3. The van der Waals surface area contributed by atoms with Crippen molar-refractivity contribution in [1.29, 1.82) is 0 Å². The number of hydrogen-bond donors (Lipinski definition) is 1. The Bertz CT molecular complexity index is 447. The molecule has 3 atom stereocenters. The zero-order valence-electron chi connectivity index (χ0n) is 12.7. The summed E-state index contributed by atoms with van der Waals surface area (Å²) in [4.78, 5) is 2.56. The highest BCUT2D eigenvalue weighted by Crippen LogP contribution is 2.36. The molecule has 0 spiro atoms. The molecule has 2 fully saturated rings. The van der Waals surface area contributed by atoms with Crippen molar-refractivity contribution in [1.82, 2.24) is 4.90 Å². The minimum absolute atomic E-state index is 0.369. The second-order valence-corrected chi connectivity index (χ2v) is 7.19. The highest BCUT2D eigenvalue weighted by molar-refractivity contribution is 6.30. The molecule has 2 nitrogen and oxygen atoms in total. The number of benzene rings is 1. The van der Waals surface area contributed by atoms with Gasteiger partial charge in [-0.15, -0.1) is 0 Å². The zero-order chi connectivity index (χ0) is 14.7. The number of halogens is 1. The Hall–Kier alpha value is -0.570. The molecule has 1 aliphatic heterocycles. The normalized spacial score (nSPS) is 28.1. The first-order valence-corrected chi connectivity index (χ1v) is 8.76. The van der Waals surface area contributed by atoms with E-state index in [1.54, 1.807) is 0 Å². The second-order valence-electron chi connectivity index (χ2n) is 6.75. The number of rotatable bonds is 4. The van der Waals surface area contributed by atoms with Gasteiger partial charge in [0.25, 0.3) is 0 Å². The molecule has 3 rings (SSSR count). The highest BCUT2D eigenvalue weighted by Gasteiger charge is 2.30. The number of aliphatic hydroxyl groups is 1. The van der Waals surface area contributed by atoms with Crippen molar-refractivity contribution in [2.45, 2.75) is 44.6 Å². The van der Waals surface area contributed by atoms with Gasteiger partial charge in [0.05, 0.1) is 6.10 Å². The van der Waals surface area contributed by atoms with E-state index in [4.69, 9.17) is 11.6 Å². The predicted octanol–water partition coefficient (Wildman–Crippen LogP) is 4.28. The van der Waals surface area contributed by atoms with Crippen LogP contribution in [-0.2, 0) is 0 Å². The number of likely N-dealkylation sites (tertiary alicyclic amines) is 1. The van der Waals surface area contributed by atoms with Crippen LogP contribution in [0.15, 0.2) is 24.3 Å². The van der Waals surface area contributed by atoms with Crippen molar-refractivity contribution in [3.63, 3.8) is 0 Å². The Kier molecular flexibility index (Phi) is 5.20. The summed E-state index contributed by atoms with van der Waals surface area (Å²) in [5, 5.41) is 11.0. The van der Waals surface area contributed by atoms with Gasteiger partial charge in [0.15, 0.2) is 0 Å². The lowest BCUT2D eigenvalue weighted by Gasteiger charge is -2.41. The molecule has 2 aliphatic rings. The molecule has 116 valence electrons. The van der Waals surface area contributed by atoms with Crippen molar-refractivity contribution < 1.29 is 5.11 Å². The van der Waals surface area contributed by atoms with E-state index in [0.29, 0.717) is 0 Å². The third kappa shape index (κ3) is 4.00. The Morgan fingerprint density at radius 2 is 1.81 bits per heavy atom. The van der Waals surface area contributed by atoms with Crippen molar-refractivity contribution >= 4 is 11.6 Å². The van der Waals surface area contributed by atoms with Crippen molar-refractivity contribution in [3.05, 3.63) is 34.9 Å². The van der Waals surface area contributed by atoms with Crippen LogP contribution in [0.4, 0.5) is 0 Å². The van der Waals surface area contributed by atoms with E-state index in [2.05, 4.69) is 4.90 Å². The fourth-order valence-electron chi connectivity index (χ4n) is 4.04. The SMILES string of the molecule is OC(CCN1CCC2CCCCC2C1)c1ccc(Cl)cc1. The van der Waals surface area contributed by atoms with E-state index >= 15 is 0 Å². The fourth-order valence-corrected chi connectivity index (χ4v) is 4.16. The number of fused-ring (bicyclic) bond motifs is 1. The topological polar surface area (TPSA) is 23.5 Å². The molecule has 3 unspecified atom stereocenters. The van der Waals surface area contributed by atoms with Gasteiger partial charge in [0, 0.05) is 18.1 Å². The first-order chi connectivity index (χ1) is 10.2. The fraction of sp³-hybridized carbons (Fsp3) is 0.667. The summed E-state index contributed by atoms with van der Waals surface area (Å²) in [6, 6.07) is 7.57. The van der Waals surface area contributed by atoms with Crippen LogP contribution in [0.5, 0.6) is 0 Å². The van der Waals surface area contributed by atoms with E-state index < -0.39 is 0 Å². The van der Waals surface area contributed by atoms with Crippen LogP contribution in [0, 0.1) is 11.8 Å². The van der Waals surface area contributed by atoms with Crippen molar-refractivity contribution in [2.24, 2.45) is 11.8 Å². The quantitative estimate of drug-likeness (QED) is 0.897. The van der Waals surface area contributed by atoms with Crippen LogP contribution in [0.25, 0.3) is 0 Å². The Balaban J connectivity index is 1.47. The molecule has 1 saturated heterocycles. The summed E-state index contributed by atoms with van der Waals surface area (Å²) < 4.78 is 0. The molecular weight excluding hydrogens is 282 g/mol. The van der Waals surface area contributed by atoms with Gasteiger partial charge in [-0.3, -0.25) is 0 Å². The van der Waals surface area contributed by atoms with E-state index in [1.165, 1.54) is 45.2 Å². The van der Waals surface area contributed by atoms with Gasteiger partial charge < -0.3 is 10.0 Å². The lowest BCUT2D eigenvalue weighted by Crippen LogP contribution is -2.42. The van der Waals surface area contributed by atoms with Gasteiger partial charge in [-0.2, -0.15) is 0 Å². The van der Waals surface area contributed by atoms with Gasteiger partial charge >= 0.3 is 0 Å². The third-order valence-electron chi connectivity index (χ3n) is 5.35. The summed E-state index contributed by atoms with van der Waals surface area (Å²) in [6.07, 6.45) is 7.54. The average molecular weight is 308 g/mol. The third-order valence-corrected chi connectivity index (χ3v) is 5.60. The lowest BCUT2D eigenvalue weighted by molar-refractivity contribution is 0.0705. The van der Waals surface area contributed by atoms with Crippen LogP contribution < -0.4 is 0 Å². The minimum atomic E-state index is -0.369. The summed E-state index contributed by atoms with van der Waals surface area (Å²) in [5.41, 5.74) is 0.979. The van der Waals surface area contributed by atoms with Gasteiger partial charge in [-0.1, -0.05) is 43.0 Å². The largest absolute Gasteiger partial charge is 0.388 e. The molecular formula is C18H26ClNO. The standard InChI is InChI=1S/C18H26ClNO/c19-17-7-5-15(6-8-17)18(21)10-12-20-11-9-14-3-1-2-4-16(14)13-20/h5-8,14,16,18,21H,1-4,9-13H2. The molecule has 0 amide bonds. The maximum atomic E-state index is 10.3. The van der Waals surface area contributed by atoms with Gasteiger partial charge in [0.2, 0.25) is 0 Å². The molecule has 1 aliphatic carbocycles. The first kappa shape index (κ1) is 15.3. The summed E-state index contributed by atoms with van der Waals surface area (Å²) in [6.45, 7) is 3.47. The Morgan fingerprint density at radius 1 is 1.10 bits per heavy atom. The smallest absolute Gasteiger partial charge is 0.0802 e. The van der Waals surface area contributed by atoms with Gasteiger partial charge in [-0.25, -0.2) is 0 Å². The van der Waals surface area contributed by atoms with Crippen LogP contribution in [0.2, 0.25) is 5.02 Å². The van der Waals surface area contributed by atoms with E-state index in [1.807, 2.05) is 24.3 Å². The first-order valence-electron chi connectivity index (χ1n) is 8.38. The van der Waals surface area contributed by atoms with Crippen molar-refractivity contribution in [3.8, 4) is 0 Å². The summed E-state index contributed by atoms with van der Waals surface area (Å²) in [7, 11) is 0. The van der Waals surface area contributed by atoms with Gasteiger partial charge in [0.1, 0.15) is 0 Å². The highest BCUT2D eigenvalue weighted by atomic mass is 35.5. The Labute approximate surface area is 133 Å². The number of nitrogens with zero attached hydrogens (tertiary/aromatic N) is 1. The van der Waals surface area contributed by atoms with Crippen LogP contribution in [0.1, 0.15) is 50.2 Å². The molecule has 1 saturated carbocycles. The molecule has 21 heavy (non-hydrogen) atoms. The Morgan fingerprint density at radius 3 is 2.57 bits per heavy atom. The molecule has 3 heteroatoms. The van der Waals surface area contributed by atoms with Crippen LogP contribution in [-0.4, -0.2) is 29.6 Å². The lowest BCUT2D eigenvalue weighted by atomic mass is 9.75. The van der Waals surface area contributed by atoms with Crippen LogP contribution >= 0.6 is 11.6 Å². The van der Waals surface area contributed by atoms with E-state index in [9.17, 15) is 5.11 Å². The summed E-state index contributed by atoms with van der Waals surface area (Å²) in [5.74, 6) is 1.90. The monoisotopic (exact) mass is 307 g/mol. The molecule has 1 heterocycles. The molecule has 0 bridgehead atoms. The average Bonchev–Trinajstić information content (AvgIpc) is 2.53. The number of piperidine rings is 1. The van der Waals surface area contributed by atoms with Gasteiger partial charge in [-0.05, 0) is 55.3 Å². The zero-order valence-corrected chi connectivity index (χ0v) is 13.4. The maximum Gasteiger partial charge on any atom is 0.0802 e. The van der Waals surface area contributed by atoms with E-state index in [0.717, 1.165) is 35.4 Å². The molecule has 0 radical (unpaired) electrons. The number of hydrogen-bond acceptors (Lipinski definition) is 2. The van der Waals surface area contributed by atoms with Crippen LogP contribution in [0.3, 0.4) is 0 Å². The molecule has 1 aromatic rings. The molecule has 0 aromatic heterocycles. The predicted molar refractivity (Wildman–Crippen MR) is 87.5 cm³/mol. The molecule has 1 N–H and O–H groups in total. The summed E-state index contributed by atoms with van der Waals surface area (Å²) >= 11 is 5.89. The second kappa shape index (κ2) is 7.13. The van der Waals surface area contributed by atoms with Crippen molar-refractivity contribution in [2.75, 3.05) is 19.6 Å².